The van der Waals surface area contributed by atoms with E-state index in [2.05, 4.69) is 55.5 Å². The van der Waals surface area contributed by atoms with Gasteiger partial charge in [-0.05, 0) is 30.9 Å². The first kappa shape index (κ1) is 9.97. The summed E-state index contributed by atoms with van der Waals surface area (Å²) in [7, 11) is 0. The average Bonchev–Trinajstić information content (AvgIpc) is 2.30. The summed E-state index contributed by atoms with van der Waals surface area (Å²) in [5.41, 5.74) is 4.17. The van der Waals surface area contributed by atoms with Crippen molar-refractivity contribution in [2.75, 3.05) is 0 Å². The molecule has 0 bridgehead atoms. The summed E-state index contributed by atoms with van der Waals surface area (Å²) >= 11 is 0. The number of hydrogen-bond acceptors (Lipinski definition) is 0. The van der Waals surface area contributed by atoms with Crippen molar-refractivity contribution in [2.24, 2.45) is 0 Å². The molecule has 0 heterocycles. The van der Waals surface area contributed by atoms with Gasteiger partial charge in [-0.15, -0.1) is 0 Å². The van der Waals surface area contributed by atoms with Crippen molar-refractivity contribution in [1.29, 1.82) is 0 Å². The van der Waals surface area contributed by atoms with Crippen LogP contribution in [-0.4, -0.2) is 0 Å². The van der Waals surface area contributed by atoms with Crippen molar-refractivity contribution < 1.29 is 0 Å². The Morgan fingerprint density at radius 3 is 2.40 bits per heavy atom. The highest BCUT2D eigenvalue weighted by Gasteiger charge is 1.99. The molecule has 15 heavy (non-hydrogen) atoms. The molecule has 0 spiro atoms. The van der Waals surface area contributed by atoms with Crippen LogP contribution in [0, 0.1) is 0 Å². The highest BCUT2D eigenvalue weighted by Crippen LogP contribution is 2.19. The standard InChI is InChI=1S/C15H16/c1-13-7-9-15(10-8-13)12-11-14-5-3-2-4-6-14/h2-7,9,11-12H,8,10H2,1H3/b12-11+. The Hall–Kier alpha value is -1.56. The van der Waals surface area contributed by atoms with Crippen LogP contribution in [0.15, 0.2) is 59.7 Å². The molecule has 0 aliphatic heterocycles. The maximum absolute atomic E-state index is 2.22. The van der Waals surface area contributed by atoms with Crippen LogP contribution in [0.2, 0.25) is 0 Å². The van der Waals surface area contributed by atoms with Crippen LogP contribution in [0.25, 0.3) is 6.08 Å². The molecule has 0 saturated carbocycles. The minimum absolute atomic E-state index is 1.17. The normalized spacial score (nSPS) is 16.3. The average molecular weight is 196 g/mol. The second-order valence-electron chi connectivity index (χ2n) is 4.00. The Kier molecular flexibility index (Phi) is 3.18. The summed E-state index contributed by atoms with van der Waals surface area (Å²) < 4.78 is 0. The van der Waals surface area contributed by atoms with Gasteiger partial charge in [-0.1, -0.05) is 60.2 Å². The van der Waals surface area contributed by atoms with Crippen LogP contribution < -0.4 is 0 Å². The first-order chi connectivity index (χ1) is 7.34. The van der Waals surface area contributed by atoms with Gasteiger partial charge in [0.2, 0.25) is 0 Å². The van der Waals surface area contributed by atoms with Crippen molar-refractivity contribution in [3.05, 3.63) is 65.3 Å². The van der Waals surface area contributed by atoms with E-state index in [4.69, 9.17) is 0 Å². The second-order valence-corrected chi connectivity index (χ2v) is 4.00. The number of hydrogen-bond donors (Lipinski definition) is 0. The maximum atomic E-state index is 2.22. The first-order valence-electron chi connectivity index (χ1n) is 5.44. The number of rotatable bonds is 2. The van der Waals surface area contributed by atoms with Gasteiger partial charge in [-0.3, -0.25) is 0 Å². The van der Waals surface area contributed by atoms with E-state index in [1.165, 1.54) is 29.6 Å². The molecule has 0 heteroatoms. The lowest BCUT2D eigenvalue weighted by Crippen LogP contribution is -1.87. The third-order valence-electron chi connectivity index (χ3n) is 2.68. The summed E-state index contributed by atoms with van der Waals surface area (Å²) in [6.45, 7) is 2.19. The Labute approximate surface area is 91.6 Å². The molecule has 0 N–H and O–H groups in total. The van der Waals surface area contributed by atoms with Gasteiger partial charge in [0.25, 0.3) is 0 Å². The quantitative estimate of drug-likeness (QED) is 0.659. The van der Waals surface area contributed by atoms with E-state index < -0.39 is 0 Å². The van der Waals surface area contributed by atoms with Crippen molar-refractivity contribution in [3.8, 4) is 0 Å². The zero-order valence-corrected chi connectivity index (χ0v) is 9.11. The molecule has 0 saturated heterocycles. The molecule has 0 aromatic heterocycles. The molecule has 1 aromatic rings. The molecule has 2 rings (SSSR count). The van der Waals surface area contributed by atoms with E-state index >= 15 is 0 Å². The number of allylic oxidation sites excluding steroid dienone is 5. The Morgan fingerprint density at radius 1 is 0.933 bits per heavy atom. The molecular weight excluding hydrogens is 180 g/mol. The van der Waals surface area contributed by atoms with E-state index in [0.29, 0.717) is 0 Å². The predicted octanol–water partition coefficient (Wildman–Crippen LogP) is 4.37. The topological polar surface area (TPSA) is 0 Å². The third-order valence-corrected chi connectivity index (χ3v) is 2.68. The Bertz CT molecular complexity index is 405. The summed E-state index contributed by atoms with van der Waals surface area (Å²) in [5.74, 6) is 0. The molecule has 0 amide bonds. The van der Waals surface area contributed by atoms with E-state index in [-0.39, 0.29) is 0 Å². The van der Waals surface area contributed by atoms with E-state index in [1.807, 2.05) is 6.07 Å². The molecule has 0 nitrogen and oxygen atoms in total. The molecule has 0 radical (unpaired) electrons. The van der Waals surface area contributed by atoms with Gasteiger partial charge in [-0.25, -0.2) is 0 Å². The minimum Gasteiger partial charge on any atom is -0.0730 e. The van der Waals surface area contributed by atoms with E-state index in [9.17, 15) is 0 Å². The van der Waals surface area contributed by atoms with Crippen molar-refractivity contribution in [3.63, 3.8) is 0 Å². The highest BCUT2D eigenvalue weighted by atomic mass is 14.0. The van der Waals surface area contributed by atoms with Gasteiger partial charge < -0.3 is 0 Å². The monoisotopic (exact) mass is 196 g/mol. The molecule has 0 atom stereocenters. The zero-order valence-electron chi connectivity index (χ0n) is 9.11. The Balaban J connectivity index is 2.07. The molecule has 0 unspecified atom stereocenters. The zero-order chi connectivity index (χ0) is 10.5. The molecule has 1 aliphatic carbocycles. The summed E-state index contributed by atoms with van der Waals surface area (Å²) in [4.78, 5) is 0. The van der Waals surface area contributed by atoms with Gasteiger partial charge in [-0.2, -0.15) is 0 Å². The lowest BCUT2D eigenvalue weighted by Gasteiger charge is -2.07. The van der Waals surface area contributed by atoms with Gasteiger partial charge >= 0.3 is 0 Å². The van der Waals surface area contributed by atoms with Crippen molar-refractivity contribution in [1.82, 2.24) is 0 Å². The van der Waals surface area contributed by atoms with Gasteiger partial charge in [0.15, 0.2) is 0 Å². The summed E-state index contributed by atoms with van der Waals surface area (Å²) in [6.07, 6.45) is 11.2. The minimum atomic E-state index is 1.17. The summed E-state index contributed by atoms with van der Waals surface area (Å²) in [5, 5.41) is 0. The SMILES string of the molecule is CC1=CC=C(/C=C/c2ccccc2)CC1. The molecule has 1 aliphatic rings. The maximum Gasteiger partial charge on any atom is -0.0241 e. The van der Waals surface area contributed by atoms with Gasteiger partial charge in [0, 0.05) is 0 Å². The van der Waals surface area contributed by atoms with E-state index in [1.54, 1.807) is 0 Å². The lowest BCUT2D eigenvalue weighted by molar-refractivity contribution is 0.928. The smallest absolute Gasteiger partial charge is 0.0241 e. The van der Waals surface area contributed by atoms with Gasteiger partial charge in [0.1, 0.15) is 0 Å². The first-order valence-corrected chi connectivity index (χ1v) is 5.44. The summed E-state index contributed by atoms with van der Waals surface area (Å²) in [6, 6.07) is 10.4. The second kappa shape index (κ2) is 4.79. The third kappa shape index (κ3) is 2.95. The predicted molar refractivity (Wildman–Crippen MR) is 66.6 cm³/mol. The fourth-order valence-electron chi connectivity index (χ4n) is 1.66. The van der Waals surface area contributed by atoms with Crippen LogP contribution in [-0.2, 0) is 0 Å². The van der Waals surface area contributed by atoms with Crippen LogP contribution in [0.1, 0.15) is 25.3 Å². The lowest BCUT2D eigenvalue weighted by atomic mass is 9.99. The fourth-order valence-corrected chi connectivity index (χ4v) is 1.66. The van der Waals surface area contributed by atoms with Crippen LogP contribution in [0.4, 0.5) is 0 Å². The molecular formula is C15H16. The van der Waals surface area contributed by atoms with Crippen molar-refractivity contribution >= 4 is 6.08 Å². The fraction of sp³-hybridized carbons (Fsp3) is 0.200. The highest BCUT2D eigenvalue weighted by molar-refractivity contribution is 5.53. The molecule has 0 fully saturated rings. The molecule has 76 valence electrons. The van der Waals surface area contributed by atoms with Crippen LogP contribution >= 0.6 is 0 Å². The largest absolute Gasteiger partial charge is 0.0730 e. The van der Waals surface area contributed by atoms with Crippen LogP contribution in [0.5, 0.6) is 0 Å². The molecule has 1 aromatic carbocycles. The van der Waals surface area contributed by atoms with Crippen LogP contribution in [0.3, 0.4) is 0 Å². The Morgan fingerprint density at radius 2 is 1.73 bits per heavy atom. The van der Waals surface area contributed by atoms with Crippen molar-refractivity contribution in [2.45, 2.75) is 19.8 Å². The van der Waals surface area contributed by atoms with E-state index in [0.717, 1.165) is 0 Å². The number of benzene rings is 1. The van der Waals surface area contributed by atoms with Gasteiger partial charge in [0.05, 0.1) is 0 Å².